The highest BCUT2D eigenvalue weighted by Crippen LogP contribution is 2.35. The normalized spacial score (nSPS) is 12.5. The third kappa shape index (κ3) is 1.86. The standard InChI is InChI=1S/C21H16O/c1-2-14-10-12-21(22)19-11-9-16(13-20(14)19)18-8-4-6-15-5-3-7-17(15)18/h2-6,8-13,22H,1,7H2. The molecule has 22 heavy (non-hydrogen) atoms. The van der Waals surface area contributed by atoms with Gasteiger partial charge in [0, 0.05) is 5.39 Å². The van der Waals surface area contributed by atoms with E-state index in [9.17, 15) is 5.11 Å². The first-order valence-corrected chi connectivity index (χ1v) is 7.45. The van der Waals surface area contributed by atoms with Gasteiger partial charge in [-0.15, -0.1) is 0 Å². The zero-order valence-corrected chi connectivity index (χ0v) is 12.2. The average molecular weight is 284 g/mol. The number of allylic oxidation sites excluding steroid dienone is 1. The molecule has 3 aromatic carbocycles. The van der Waals surface area contributed by atoms with Gasteiger partial charge in [0.1, 0.15) is 5.75 Å². The number of phenolic OH excluding ortho intramolecular Hbond substituents is 1. The zero-order valence-electron chi connectivity index (χ0n) is 12.2. The van der Waals surface area contributed by atoms with Gasteiger partial charge in [0.15, 0.2) is 0 Å². The van der Waals surface area contributed by atoms with Crippen LogP contribution in [0, 0.1) is 0 Å². The Morgan fingerprint density at radius 2 is 1.91 bits per heavy atom. The van der Waals surface area contributed by atoms with Crippen LogP contribution >= 0.6 is 0 Å². The van der Waals surface area contributed by atoms with Crippen LogP contribution in [0.25, 0.3) is 34.1 Å². The molecule has 0 amide bonds. The van der Waals surface area contributed by atoms with Crippen LogP contribution in [0.15, 0.2) is 61.2 Å². The van der Waals surface area contributed by atoms with E-state index in [1.54, 1.807) is 6.07 Å². The monoisotopic (exact) mass is 284 g/mol. The second kappa shape index (κ2) is 4.88. The van der Waals surface area contributed by atoms with Crippen LogP contribution in [0.4, 0.5) is 0 Å². The molecule has 0 radical (unpaired) electrons. The SMILES string of the molecule is C=Cc1ccc(O)c2ccc(-c3cccc4c3CC=C4)cc12. The molecule has 0 atom stereocenters. The summed E-state index contributed by atoms with van der Waals surface area (Å²) in [7, 11) is 0. The minimum absolute atomic E-state index is 0.312. The van der Waals surface area contributed by atoms with Gasteiger partial charge >= 0.3 is 0 Å². The predicted octanol–water partition coefficient (Wildman–Crippen LogP) is 5.42. The summed E-state index contributed by atoms with van der Waals surface area (Å²) in [6.07, 6.45) is 7.21. The summed E-state index contributed by atoms with van der Waals surface area (Å²) in [6.45, 7) is 3.88. The minimum atomic E-state index is 0.312. The molecule has 1 heteroatoms. The molecule has 0 saturated heterocycles. The number of phenols is 1. The number of aromatic hydroxyl groups is 1. The van der Waals surface area contributed by atoms with E-state index in [0.717, 1.165) is 22.8 Å². The molecule has 0 spiro atoms. The van der Waals surface area contributed by atoms with Gasteiger partial charge in [-0.05, 0) is 51.8 Å². The molecule has 0 saturated carbocycles. The lowest BCUT2D eigenvalue weighted by atomic mass is 9.93. The average Bonchev–Trinajstić information content (AvgIpc) is 3.03. The third-order valence-corrected chi connectivity index (χ3v) is 4.39. The van der Waals surface area contributed by atoms with Crippen LogP contribution in [0.5, 0.6) is 5.75 Å². The van der Waals surface area contributed by atoms with E-state index < -0.39 is 0 Å². The van der Waals surface area contributed by atoms with Crippen molar-refractivity contribution in [3.8, 4) is 16.9 Å². The quantitative estimate of drug-likeness (QED) is 0.665. The smallest absolute Gasteiger partial charge is 0.123 e. The van der Waals surface area contributed by atoms with Crippen molar-refractivity contribution < 1.29 is 5.11 Å². The molecule has 106 valence electrons. The molecule has 0 unspecified atom stereocenters. The van der Waals surface area contributed by atoms with Crippen molar-refractivity contribution in [3.63, 3.8) is 0 Å². The Morgan fingerprint density at radius 1 is 1.00 bits per heavy atom. The van der Waals surface area contributed by atoms with E-state index in [1.807, 2.05) is 18.2 Å². The van der Waals surface area contributed by atoms with Crippen molar-refractivity contribution in [2.24, 2.45) is 0 Å². The molecular formula is C21H16O. The summed E-state index contributed by atoms with van der Waals surface area (Å²) >= 11 is 0. The van der Waals surface area contributed by atoms with Crippen molar-refractivity contribution in [1.29, 1.82) is 0 Å². The molecule has 0 fully saturated rings. The van der Waals surface area contributed by atoms with E-state index in [4.69, 9.17) is 0 Å². The molecule has 1 aliphatic carbocycles. The molecule has 0 bridgehead atoms. The summed E-state index contributed by atoms with van der Waals surface area (Å²) < 4.78 is 0. The number of fused-ring (bicyclic) bond motifs is 2. The largest absolute Gasteiger partial charge is 0.507 e. The Balaban J connectivity index is 1.98. The second-order valence-corrected chi connectivity index (χ2v) is 5.62. The molecule has 0 aromatic heterocycles. The van der Waals surface area contributed by atoms with Gasteiger partial charge in [-0.25, -0.2) is 0 Å². The molecule has 1 nitrogen and oxygen atoms in total. The number of hydrogen-bond donors (Lipinski definition) is 1. The van der Waals surface area contributed by atoms with Gasteiger partial charge in [-0.1, -0.05) is 61.2 Å². The van der Waals surface area contributed by atoms with Gasteiger partial charge in [-0.3, -0.25) is 0 Å². The Labute approximate surface area is 129 Å². The van der Waals surface area contributed by atoms with Gasteiger partial charge < -0.3 is 5.11 Å². The highest BCUT2D eigenvalue weighted by molar-refractivity contribution is 5.97. The van der Waals surface area contributed by atoms with Gasteiger partial charge in [0.2, 0.25) is 0 Å². The first kappa shape index (κ1) is 12.9. The summed E-state index contributed by atoms with van der Waals surface area (Å²) in [5, 5.41) is 12.0. The Morgan fingerprint density at radius 3 is 2.77 bits per heavy atom. The number of benzene rings is 3. The minimum Gasteiger partial charge on any atom is -0.507 e. The topological polar surface area (TPSA) is 20.2 Å². The van der Waals surface area contributed by atoms with E-state index in [2.05, 4.69) is 49.1 Å². The van der Waals surface area contributed by atoms with Crippen molar-refractivity contribution >= 4 is 22.9 Å². The molecule has 0 heterocycles. The Bertz CT molecular complexity index is 932. The Hall–Kier alpha value is -2.80. The zero-order chi connectivity index (χ0) is 15.1. The maximum Gasteiger partial charge on any atom is 0.123 e. The maximum atomic E-state index is 10.1. The lowest BCUT2D eigenvalue weighted by molar-refractivity contribution is 0.481. The fourth-order valence-corrected chi connectivity index (χ4v) is 3.26. The first-order valence-electron chi connectivity index (χ1n) is 7.45. The summed E-state index contributed by atoms with van der Waals surface area (Å²) in [6, 6.07) is 16.3. The molecule has 3 aromatic rings. The van der Waals surface area contributed by atoms with E-state index in [1.165, 1.54) is 22.3 Å². The first-order chi connectivity index (χ1) is 10.8. The van der Waals surface area contributed by atoms with Crippen LogP contribution in [0.3, 0.4) is 0 Å². The van der Waals surface area contributed by atoms with E-state index in [0.29, 0.717) is 5.75 Å². The van der Waals surface area contributed by atoms with Crippen LogP contribution in [-0.4, -0.2) is 5.11 Å². The highest BCUT2D eigenvalue weighted by atomic mass is 16.3. The third-order valence-electron chi connectivity index (χ3n) is 4.39. The summed E-state index contributed by atoms with van der Waals surface area (Å²) in [5.74, 6) is 0.312. The number of hydrogen-bond acceptors (Lipinski definition) is 1. The summed E-state index contributed by atoms with van der Waals surface area (Å²) in [5.41, 5.74) is 6.17. The second-order valence-electron chi connectivity index (χ2n) is 5.62. The van der Waals surface area contributed by atoms with Crippen molar-refractivity contribution in [2.75, 3.05) is 0 Å². The molecule has 1 aliphatic rings. The van der Waals surface area contributed by atoms with Crippen LogP contribution < -0.4 is 0 Å². The molecular weight excluding hydrogens is 268 g/mol. The van der Waals surface area contributed by atoms with Crippen LogP contribution in [0.2, 0.25) is 0 Å². The molecule has 0 aliphatic heterocycles. The maximum absolute atomic E-state index is 10.1. The fraction of sp³-hybridized carbons (Fsp3) is 0.0476. The molecule has 1 N–H and O–H groups in total. The van der Waals surface area contributed by atoms with E-state index >= 15 is 0 Å². The van der Waals surface area contributed by atoms with Gasteiger partial charge in [0.25, 0.3) is 0 Å². The predicted molar refractivity (Wildman–Crippen MR) is 93.9 cm³/mol. The number of rotatable bonds is 2. The van der Waals surface area contributed by atoms with Gasteiger partial charge in [0.05, 0.1) is 0 Å². The lowest BCUT2D eigenvalue weighted by Gasteiger charge is -2.11. The van der Waals surface area contributed by atoms with Crippen LogP contribution in [-0.2, 0) is 6.42 Å². The highest BCUT2D eigenvalue weighted by Gasteiger charge is 2.12. The lowest BCUT2D eigenvalue weighted by Crippen LogP contribution is -1.89. The van der Waals surface area contributed by atoms with Gasteiger partial charge in [-0.2, -0.15) is 0 Å². The summed E-state index contributed by atoms with van der Waals surface area (Å²) in [4.78, 5) is 0. The van der Waals surface area contributed by atoms with Crippen molar-refractivity contribution in [3.05, 3.63) is 77.9 Å². The fourth-order valence-electron chi connectivity index (χ4n) is 3.26. The van der Waals surface area contributed by atoms with Crippen molar-refractivity contribution in [2.45, 2.75) is 6.42 Å². The molecule has 4 rings (SSSR count). The van der Waals surface area contributed by atoms with E-state index in [-0.39, 0.29) is 0 Å². The Kier molecular flexibility index (Phi) is 2.87. The van der Waals surface area contributed by atoms with Crippen LogP contribution in [0.1, 0.15) is 16.7 Å². The van der Waals surface area contributed by atoms with Crippen molar-refractivity contribution in [1.82, 2.24) is 0 Å².